The molecule has 3 aromatic carbocycles. The van der Waals surface area contributed by atoms with E-state index < -0.39 is 0 Å². The van der Waals surface area contributed by atoms with Crippen LogP contribution in [0.4, 0.5) is 5.69 Å². The molecule has 0 spiro atoms. The van der Waals surface area contributed by atoms with Crippen LogP contribution in [0.2, 0.25) is 0 Å². The highest BCUT2D eigenvalue weighted by Crippen LogP contribution is 2.22. The minimum Gasteiger partial charge on any atom is -0.334 e. The molecule has 1 heterocycles. The Bertz CT molecular complexity index is 1150. The Morgan fingerprint density at radius 1 is 0.793 bits per heavy atom. The van der Waals surface area contributed by atoms with Crippen LogP contribution in [0, 0.1) is 0 Å². The average Bonchev–Trinajstić information content (AvgIpc) is 3.25. The molecule has 0 saturated heterocycles. The molecule has 0 aliphatic carbocycles. The molecule has 0 atom stereocenters. The van der Waals surface area contributed by atoms with Gasteiger partial charge in [0.05, 0.1) is 0 Å². The van der Waals surface area contributed by atoms with Crippen molar-refractivity contribution in [3.05, 3.63) is 90.0 Å². The molecule has 0 aliphatic heterocycles. The summed E-state index contributed by atoms with van der Waals surface area (Å²) in [5.41, 5.74) is 3.30. The number of aromatic nitrogens is 2. The third-order valence-electron chi connectivity index (χ3n) is 4.40. The molecule has 0 bridgehead atoms. The lowest BCUT2D eigenvalue weighted by Gasteiger charge is -2.06. The minimum absolute atomic E-state index is 0.0186. The SMILES string of the molecule is CC(=O)c1ccc(NC(=O)c2ccc(-c3nc(-c4ccccc4)no3)cc2)cc1. The molecule has 1 aromatic heterocycles. The zero-order chi connectivity index (χ0) is 20.2. The summed E-state index contributed by atoms with van der Waals surface area (Å²) in [5.74, 6) is 0.629. The third-order valence-corrected chi connectivity index (χ3v) is 4.40. The maximum atomic E-state index is 12.4. The summed E-state index contributed by atoms with van der Waals surface area (Å²) >= 11 is 0. The van der Waals surface area contributed by atoms with Crippen LogP contribution in [-0.2, 0) is 0 Å². The van der Waals surface area contributed by atoms with Gasteiger partial charge in [-0.2, -0.15) is 4.98 Å². The first-order chi connectivity index (χ1) is 14.1. The summed E-state index contributed by atoms with van der Waals surface area (Å²) in [6.45, 7) is 1.50. The summed E-state index contributed by atoms with van der Waals surface area (Å²) in [7, 11) is 0. The van der Waals surface area contributed by atoms with Crippen LogP contribution in [0.15, 0.2) is 83.4 Å². The monoisotopic (exact) mass is 383 g/mol. The minimum atomic E-state index is -0.248. The van der Waals surface area contributed by atoms with Gasteiger partial charge in [0.2, 0.25) is 5.82 Å². The predicted molar refractivity (Wildman–Crippen MR) is 110 cm³/mol. The maximum absolute atomic E-state index is 12.4. The van der Waals surface area contributed by atoms with E-state index in [1.165, 1.54) is 6.92 Å². The Labute approximate surface area is 167 Å². The van der Waals surface area contributed by atoms with E-state index in [-0.39, 0.29) is 11.7 Å². The molecule has 4 aromatic rings. The molecule has 142 valence electrons. The van der Waals surface area contributed by atoms with E-state index >= 15 is 0 Å². The fraction of sp³-hybridized carbons (Fsp3) is 0.0435. The number of Topliss-reactive ketones (excluding diaryl/α,β-unsaturated/α-hetero) is 1. The standard InChI is InChI=1S/C23H17N3O3/c1-15(27)16-11-13-20(14-12-16)24-22(28)18-7-9-19(10-8-18)23-25-21(26-29-23)17-5-3-2-4-6-17/h2-14H,1H3,(H,24,28). The molecule has 1 amide bonds. The lowest BCUT2D eigenvalue weighted by Crippen LogP contribution is -2.11. The number of hydrogen-bond donors (Lipinski definition) is 1. The first-order valence-electron chi connectivity index (χ1n) is 9.02. The molecular formula is C23H17N3O3. The molecule has 0 fully saturated rings. The first-order valence-corrected chi connectivity index (χ1v) is 9.02. The number of amides is 1. The molecule has 0 radical (unpaired) electrons. The van der Waals surface area contributed by atoms with Gasteiger partial charge >= 0.3 is 0 Å². The van der Waals surface area contributed by atoms with Crippen molar-refractivity contribution in [2.45, 2.75) is 6.92 Å². The molecule has 0 aliphatic rings. The second kappa shape index (κ2) is 7.90. The normalized spacial score (nSPS) is 10.5. The number of benzene rings is 3. The van der Waals surface area contributed by atoms with E-state index in [0.717, 1.165) is 11.1 Å². The van der Waals surface area contributed by atoms with Crippen molar-refractivity contribution < 1.29 is 14.1 Å². The van der Waals surface area contributed by atoms with Gasteiger partial charge in [-0.3, -0.25) is 9.59 Å². The van der Waals surface area contributed by atoms with E-state index in [1.54, 1.807) is 48.5 Å². The van der Waals surface area contributed by atoms with Crippen molar-refractivity contribution in [3.8, 4) is 22.8 Å². The van der Waals surface area contributed by atoms with Crippen molar-refractivity contribution in [2.24, 2.45) is 0 Å². The second-order valence-electron chi connectivity index (χ2n) is 6.45. The molecule has 6 nitrogen and oxygen atoms in total. The Hall–Kier alpha value is -4.06. The average molecular weight is 383 g/mol. The van der Waals surface area contributed by atoms with Crippen molar-refractivity contribution in [1.29, 1.82) is 0 Å². The van der Waals surface area contributed by atoms with Crippen molar-refractivity contribution in [1.82, 2.24) is 10.1 Å². The van der Waals surface area contributed by atoms with Crippen LogP contribution in [0.25, 0.3) is 22.8 Å². The Balaban J connectivity index is 1.47. The molecule has 1 N–H and O–H groups in total. The van der Waals surface area contributed by atoms with Crippen LogP contribution < -0.4 is 5.32 Å². The summed E-state index contributed by atoms with van der Waals surface area (Å²) in [4.78, 5) is 28.2. The smallest absolute Gasteiger partial charge is 0.258 e. The molecule has 4 rings (SSSR count). The topological polar surface area (TPSA) is 85.1 Å². The quantitative estimate of drug-likeness (QED) is 0.498. The number of nitrogens with one attached hydrogen (secondary N) is 1. The van der Waals surface area contributed by atoms with Crippen LogP contribution in [0.5, 0.6) is 0 Å². The highest BCUT2D eigenvalue weighted by atomic mass is 16.5. The number of rotatable bonds is 5. The number of carbonyl (C=O) groups is 2. The summed E-state index contributed by atoms with van der Waals surface area (Å²) in [5, 5.41) is 6.81. The van der Waals surface area contributed by atoms with E-state index in [9.17, 15) is 9.59 Å². The van der Waals surface area contributed by atoms with Gasteiger partial charge in [0.25, 0.3) is 11.8 Å². The number of hydrogen-bond acceptors (Lipinski definition) is 5. The lowest BCUT2D eigenvalue weighted by atomic mass is 10.1. The molecule has 29 heavy (non-hydrogen) atoms. The van der Waals surface area contributed by atoms with Gasteiger partial charge in [-0.05, 0) is 55.5 Å². The van der Waals surface area contributed by atoms with Gasteiger partial charge in [0.1, 0.15) is 0 Å². The van der Waals surface area contributed by atoms with E-state index in [4.69, 9.17) is 4.52 Å². The number of ketones is 1. The summed E-state index contributed by atoms with van der Waals surface area (Å²) < 4.78 is 5.34. The van der Waals surface area contributed by atoms with Crippen molar-refractivity contribution in [3.63, 3.8) is 0 Å². The summed E-state index contributed by atoms with van der Waals surface area (Å²) in [6, 6.07) is 23.2. The highest BCUT2D eigenvalue weighted by Gasteiger charge is 2.12. The van der Waals surface area contributed by atoms with Gasteiger partial charge < -0.3 is 9.84 Å². The van der Waals surface area contributed by atoms with Crippen LogP contribution >= 0.6 is 0 Å². The Morgan fingerprint density at radius 3 is 2.10 bits per heavy atom. The number of carbonyl (C=O) groups excluding carboxylic acids is 2. The number of anilines is 1. The lowest BCUT2D eigenvalue weighted by molar-refractivity contribution is 0.101. The van der Waals surface area contributed by atoms with Crippen LogP contribution in [0.1, 0.15) is 27.6 Å². The van der Waals surface area contributed by atoms with Gasteiger partial charge in [-0.25, -0.2) is 0 Å². The highest BCUT2D eigenvalue weighted by molar-refractivity contribution is 6.04. The van der Waals surface area contributed by atoms with Crippen molar-refractivity contribution in [2.75, 3.05) is 5.32 Å². The largest absolute Gasteiger partial charge is 0.334 e. The van der Waals surface area contributed by atoms with Gasteiger partial charge in [-0.15, -0.1) is 0 Å². The predicted octanol–water partition coefficient (Wildman–Crippen LogP) is 4.86. The van der Waals surface area contributed by atoms with Crippen molar-refractivity contribution >= 4 is 17.4 Å². The Kier molecular flexibility index (Phi) is 4.99. The first kappa shape index (κ1) is 18.3. The maximum Gasteiger partial charge on any atom is 0.258 e. The Morgan fingerprint density at radius 2 is 1.45 bits per heavy atom. The zero-order valence-electron chi connectivity index (χ0n) is 15.6. The van der Waals surface area contributed by atoms with Gasteiger partial charge in [0.15, 0.2) is 5.78 Å². The molecular weight excluding hydrogens is 366 g/mol. The molecule has 0 unspecified atom stereocenters. The fourth-order valence-electron chi connectivity index (χ4n) is 2.80. The molecule has 6 heteroatoms. The van der Waals surface area contributed by atoms with E-state index in [2.05, 4.69) is 15.5 Å². The van der Waals surface area contributed by atoms with Gasteiger partial charge in [-0.1, -0.05) is 35.5 Å². The zero-order valence-corrected chi connectivity index (χ0v) is 15.6. The van der Waals surface area contributed by atoms with Gasteiger partial charge in [0, 0.05) is 27.9 Å². The fourth-order valence-corrected chi connectivity index (χ4v) is 2.80. The number of nitrogens with zero attached hydrogens (tertiary/aromatic N) is 2. The molecule has 0 saturated carbocycles. The third kappa shape index (κ3) is 4.11. The van der Waals surface area contributed by atoms with E-state index in [1.807, 2.05) is 30.3 Å². The second-order valence-corrected chi connectivity index (χ2v) is 6.45. The van der Waals surface area contributed by atoms with E-state index in [0.29, 0.717) is 28.5 Å². The summed E-state index contributed by atoms with van der Waals surface area (Å²) in [6.07, 6.45) is 0. The van der Waals surface area contributed by atoms with Crippen LogP contribution in [-0.4, -0.2) is 21.8 Å². The van der Waals surface area contributed by atoms with Crippen LogP contribution in [0.3, 0.4) is 0 Å².